The first kappa shape index (κ1) is 13.1. The Hall–Kier alpha value is -0.970. The average Bonchev–Trinajstić information content (AvgIpc) is 2.19. The van der Waals surface area contributed by atoms with Gasteiger partial charge in [-0.15, -0.1) is 0 Å². The molecule has 88 valence electrons. The number of ether oxygens (including phenoxy) is 1. The van der Waals surface area contributed by atoms with Crippen LogP contribution in [0, 0.1) is 0 Å². The van der Waals surface area contributed by atoms with Gasteiger partial charge in [-0.25, -0.2) is 5.01 Å². The lowest BCUT2D eigenvalue weighted by molar-refractivity contribution is -0.126. The maximum atomic E-state index is 11.2. The van der Waals surface area contributed by atoms with Crippen LogP contribution in [0.15, 0.2) is 18.2 Å². The zero-order valence-corrected chi connectivity index (χ0v) is 10.5. The van der Waals surface area contributed by atoms with Gasteiger partial charge in [0.25, 0.3) is 5.91 Å². The van der Waals surface area contributed by atoms with Gasteiger partial charge in [-0.3, -0.25) is 10.2 Å². The van der Waals surface area contributed by atoms with E-state index in [4.69, 9.17) is 27.9 Å². The fourth-order valence-electron chi connectivity index (χ4n) is 0.997. The number of benzene rings is 1. The standard InChI is InChI=1S/C10H12Cl2N2O2/c1-14(2)13-10(15)6-16-7-3-4-8(11)9(12)5-7/h3-5H,6H2,1-2H3,(H,13,15). The Labute approximate surface area is 104 Å². The Bertz CT molecular complexity index is 383. The molecule has 1 N–H and O–H groups in total. The highest BCUT2D eigenvalue weighted by molar-refractivity contribution is 6.42. The molecule has 0 aromatic heterocycles. The lowest BCUT2D eigenvalue weighted by Gasteiger charge is -2.12. The van der Waals surface area contributed by atoms with Crippen molar-refractivity contribution in [2.45, 2.75) is 0 Å². The molecule has 0 heterocycles. The van der Waals surface area contributed by atoms with Gasteiger partial charge in [0.15, 0.2) is 6.61 Å². The highest BCUT2D eigenvalue weighted by atomic mass is 35.5. The summed E-state index contributed by atoms with van der Waals surface area (Å²) in [5.74, 6) is 0.263. The van der Waals surface area contributed by atoms with E-state index in [0.29, 0.717) is 15.8 Å². The second-order valence-corrected chi connectivity index (χ2v) is 4.11. The van der Waals surface area contributed by atoms with Crippen molar-refractivity contribution in [2.75, 3.05) is 20.7 Å². The van der Waals surface area contributed by atoms with Gasteiger partial charge >= 0.3 is 0 Å². The fourth-order valence-corrected chi connectivity index (χ4v) is 1.29. The summed E-state index contributed by atoms with van der Waals surface area (Å²) in [5, 5.41) is 2.39. The molecule has 0 saturated heterocycles. The second kappa shape index (κ2) is 5.94. The highest BCUT2D eigenvalue weighted by Gasteiger charge is 2.04. The zero-order valence-electron chi connectivity index (χ0n) is 8.96. The van der Waals surface area contributed by atoms with Gasteiger partial charge in [0.05, 0.1) is 10.0 Å². The summed E-state index contributed by atoms with van der Waals surface area (Å²) in [6.45, 7) is -0.0733. The van der Waals surface area contributed by atoms with Crippen LogP contribution in [0.5, 0.6) is 5.75 Å². The van der Waals surface area contributed by atoms with Crippen molar-refractivity contribution in [1.29, 1.82) is 0 Å². The van der Waals surface area contributed by atoms with E-state index in [1.165, 1.54) is 0 Å². The van der Waals surface area contributed by atoms with Crippen molar-refractivity contribution >= 4 is 29.1 Å². The minimum atomic E-state index is -0.240. The van der Waals surface area contributed by atoms with Crippen LogP contribution < -0.4 is 10.2 Å². The molecule has 6 heteroatoms. The maximum Gasteiger partial charge on any atom is 0.272 e. The molecule has 1 aromatic carbocycles. The summed E-state index contributed by atoms with van der Waals surface area (Å²) in [6, 6.07) is 4.83. The first-order valence-electron chi connectivity index (χ1n) is 4.53. The number of halogens is 2. The molecule has 0 atom stereocenters. The third-order valence-corrected chi connectivity index (χ3v) is 2.35. The van der Waals surface area contributed by atoms with E-state index < -0.39 is 0 Å². The Kier molecular flexibility index (Phi) is 4.86. The van der Waals surface area contributed by atoms with Crippen molar-refractivity contribution in [3.63, 3.8) is 0 Å². The smallest absolute Gasteiger partial charge is 0.272 e. The lowest BCUT2D eigenvalue weighted by atomic mass is 10.3. The molecule has 0 aliphatic carbocycles. The number of amides is 1. The molecule has 1 amide bonds. The van der Waals surface area contributed by atoms with Gasteiger partial charge in [0, 0.05) is 20.2 Å². The van der Waals surface area contributed by atoms with Crippen LogP contribution >= 0.6 is 23.2 Å². The van der Waals surface area contributed by atoms with Gasteiger partial charge in [-0.2, -0.15) is 0 Å². The van der Waals surface area contributed by atoms with E-state index >= 15 is 0 Å². The summed E-state index contributed by atoms with van der Waals surface area (Å²) in [5.41, 5.74) is 2.55. The van der Waals surface area contributed by atoms with Crippen molar-refractivity contribution in [3.05, 3.63) is 28.2 Å². The Morgan fingerprint density at radius 2 is 2.06 bits per heavy atom. The maximum absolute atomic E-state index is 11.2. The second-order valence-electron chi connectivity index (χ2n) is 3.29. The van der Waals surface area contributed by atoms with Gasteiger partial charge in [-0.05, 0) is 12.1 Å². The first-order valence-corrected chi connectivity index (χ1v) is 5.29. The van der Waals surface area contributed by atoms with E-state index in [1.54, 1.807) is 37.3 Å². The summed E-state index contributed by atoms with van der Waals surface area (Å²) in [4.78, 5) is 11.2. The molecule has 0 aliphatic rings. The molecule has 1 aromatic rings. The van der Waals surface area contributed by atoms with Crippen molar-refractivity contribution < 1.29 is 9.53 Å². The van der Waals surface area contributed by atoms with Crippen molar-refractivity contribution in [2.24, 2.45) is 0 Å². The van der Waals surface area contributed by atoms with E-state index in [-0.39, 0.29) is 12.5 Å². The van der Waals surface area contributed by atoms with Crippen LogP contribution in [0.4, 0.5) is 0 Å². The molecular formula is C10H12Cl2N2O2. The van der Waals surface area contributed by atoms with Crippen LogP contribution in [0.25, 0.3) is 0 Å². The average molecular weight is 263 g/mol. The van der Waals surface area contributed by atoms with Gasteiger partial charge in [0.1, 0.15) is 5.75 Å². The number of hydrogen-bond acceptors (Lipinski definition) is 3. The predicted octanol–water partition coefficient (Wildman–Crippen LogP) is 1.96. The van der Waals surface area contributed by atoms with Crippen LogP contribution in [-0.2, 0) is 4.79 Å². The topological polar surface area (TPSA) is 41.6 Å². The minimum Gasteiger partial charge on any atom is -0.484 e. The molecule has 0 saturated carbocycles. The number of hydrogen-bond donors (Lipinski definition) is 1. The summed E-state index contributed by atoms with van der Waals surface area (Å²) >= 11 is 11.5. The van der Waals surface area contributed by atoms with Crippen molar-refractivity contribution in [3.8, 4) is 5.75 Å². The number of nitrogens with one attached hydrogen (secondary N) is 1. The third-order valence-electron chi connectivity index (χ3n) is 1.61. The summed E-state index contributed by atoms with van der Waals surface area (Å²) < 4.78 is 5.22. The lowest BCUT2D eigenvalue weighted by Crippen LogP contribution is -2.39. The highest BCUT2D eigenvalue weighted by Crippen LogP contribution is 2.26. The van der Waals surface area contributed by atoms with Crippen LogP contribution in [0.1, 0.15) is 0 Å². The van der Waals surface area contributed by atoms with E-state index in [2.05, 4.69) is 5.43 Å². The third kappa shape index (κ3) is 4.26. The number of nitrogens with zero attached hydrogens (tertiary/aromatic N) is 1. The van der Waals surface area contributed by atoms with Crippen LogP contribution in [0.3, 0.4) is 0 Å². The molecule has 0 spiro atoms. The van der Waals surface area contributed by atoms with Gasteiger partial charge in [-0.1, -0.05) is 23.2 Å². The van der Waals surface area contributed by atoms with Crippen molar-refractivity contribution in [1.82, 2.24) is 10.4 Å². The number of carbonyl (C=O) groups is 1. The molecule has 0 bridgehead atoms. The van der Waals surface area contributed by atoms with Crippen LogP contribution in [-0.4, -0.2) is 31.6 Å². The number of hydrazine groups is 1. The molecule has 0 radical (unpaired) electrons. The van der Waals surface area contributed by atoms with E-state index in [0.717, 1.165) is 0 Å². The first-order chi connectivity index (χ1) is 7.49. The molecule has 1 rings (SSSR count). The summed E-state index contributed by atoms with van der Waals surface area (Å²) in [6.07, 6.45) is 0. The zero-order chi connectivity index (χ0) is 12.1. The van der Waals surface area contributed by atoms with Gasteiger partial charge in [0.2, 0.25) is 0 Å². The SMILES string of the molecule is CN(C)NC(=O)COc1ccc(Cl)c(Cl)c1. The van der Waals surface area contributed by atoms with E-state index in [1.807, 2.05) is 0 Å². The van der Waals surface area contributed by atoms with Gasteiger partial charge < -0.3 is 4.74 Å². The Morgan fingerprint density at radius 1 is 1.38 bits per heavy atom. The van der Waals surface area contributed by atoms with E-state index in [9.17, 15) is 4.79 Å². The fraction of sp³-hybridized carbons (Fsp3) is 0.300. The molecular weight excluding hydrogens is 251 g/mol. The van der Waals surface area contributed by atoms with Crippen LogP contribution in [0.2, 0.25) is 10.0 Å². The Morgan fingerprint density at radius 3 is 2.62 bits per heavy atom. The Balaban J connectivity index is 2.48. The molecule has 4 nitrogen and oxygen atoms in total. The predicted molar refractivity (Wildman–Crippen MR) is 63.8 cm³/mol. The number of rotatable bonds is 4. The largest absolute Gasteiger partial charge is 0.484 e. The molecule has 0 unspecified atom stereocenters. The summed E-state index contributed by atoms with van der Waals surface area (Å²) in [7, 11) is 3.44. The molecule has 0 aliphatic heterocycles. The molecule has 0 fully saturated rings. The normalized spacial score (nSPS) is 10.3. The quantitative estimate of drug-likeness (QED) is 0.844. The minimum absolute atomic E-state index is 0.0733. The number of carbonyl (C=O) groups excluding carboxylic acids is 1. The monoisotopic (exact) mass is 262 g/mol. The molecule has 16 heavy (non-hydrogen) atoms.